The Bertz CT molecular complexity index is 1660. The molecule has 1 saturated heterocycles. The Morgan fingerprint density at radius 2 is 1.88 bits per heavy atom. The lowest BCUT2D eigenvalue weighted by molar-refractivity contribution is -0.138. The molecule has 3 amide bonds. The Labute approximate surface area is 238 Å². The Hall–Kier alpha value is -3.96. The van der Waals surface area contributed by atoms with Gasteiger partial charge in [0, 0.05) is 31.0 Å². The van der Waals surface area contributed by atoms with Gasteiger partial charge in [-0.3, -0.25) is 9.48 Å². The van der Waals surface area contributed by atoms with Crippen LogP contribution in [0.15, 0.2) is 55.0 Å². The molecule has 1 aliphatic carbocycles. The maximum absolute atomic E-state index is 13.4. The lowest BCUT2D eigenvalue weighted by Crippen LogP contribution is -2.44. The quantitative estimate of drug-likeness (QED) is 0.260. The smallest absolute Gasteiger partial charge is 0.306 e. The zero-order chi connectivity index (χ0) is 30.4. The number of aromatic nitrogens is 3. The molecule has 2 aliphatic rings. The summed E-state index contributed by atoms with van der Waals surface area (Å²) in [5.41, 5.74) is -2.60. The van der Waals surface area contributed by atoms with Gasteiger partial charge in [0.15, 0.2) is 19.7 Å². The molecule has 1 atom stereocenters. The molecule has 0 saturated carbocycles. The number of sulfone groups is 1. The van der Waals surface area contributed by atoms with E-state index in [1.165, 1.54) is 30.9 Å². The number of nitrogens with zero attached hydrogens (tertiary/aromatic N) is 6. The maximum atomic E-state index is 13.4. The van der Waals surface area contributed by atoms with Crippen LogP contribution in [-0.2, 0) is 27.4 Å². The van der Waals surface area contributed by atoms with Gasteiger partial charge in [-0.05, 0) is 31.6 Å². The van der Waals surface area contributed by atoms with Crippen LogP contribution in [0.3, 0.4) is 0 Å². The third kappa shape index (κ3) is 5.64. The second-order valence-electron chi connectivity index (χ2n) is 10.0. The molecule has 1 unspecified atom stereocenters. The minimum absolute atomic E-state index is 0.0306. The van der Waals surface area contributed by atoms with Crippen LogP contribution in [0.5, 0.6) is 0 Å². The first-order valence-corrected chi connectivity index (χ1v) is 14.3. The molecule has 10 nitrogen and oxygen atoms in total. The normalized spacial score (nSPS) is 21.1. The third-order valence-electron chi connectivity index (χ3n) is 6.81. The van der Waals surface area contributed by atoms with Crippen molar-refractivity contribution in [3.05, 3.63) is 71.9 Å². The predicted molar refractivity (Wildman–Crippen MR) is 144 cm³/mol. The number of allylic oxidation sites excluding steroid dienone is 4. The number of hydrogen-bond donors (Lipinski definition) is 0. The van der Waals surface area contributed by atoms with Crippen molar-refractivity contribution in [3.63, 3.8) is 0 Å². The van der Waals surface area contributed by atoms with Crippen LogP contribution in [0.25, 0.3) is 5.57 Å². The summed E-state index contributed by atoms with van der Waals surface area (Å²) in [4.78, 5) is 31.6. The number of halogens is 4. The molecule has 1 fully saturated rings. The number of amides is 3. The molecule has 0 bridgehead atoms. The molecular formula is C26H24ClF3N6O4S. The summed E-state index contributed by atoms with van der Waals surface area (Å²) in [6, 6.07) is 1.09. The highest BCUT2D eigenvalue weighted by atomic mass is 35.5. The summed E-state index contributed by atoms with van der Waals surface area (Å²) >= 11 is 6.32. The van der Waals surface area contributed by atoms with Gasteiger partial charge in [0.1, 0.15) is 11.6 Å². The second kappa shape index (κ2) is 10.5. The van der Waals surface area contributed by atoms with Crippen molar-refractivity contribution in [1.82, 2.24) is 19.7 Å². The highest BCUT2D eigenvalue weighted by Crippen LogP contribution is 2.39. The van der Waals surface area contributed by atoms with Crippen molar-refractivity contribution in [2.24, 2.45) is 0 Å². The Kier molecular flexibility index (Phi) is 7.66. The fourth-order valence-electron chi connectivity index (χ4n) is 4.38. The summed E-state index contributed by atoms with van der Waals surface area (Å²) in [5.74, 6) is -0.744. The van der Waals surface area contributed by atoms with Crippen molar-refractivity contribution in [1.29, 1.82) is 5.26 Å². The molecule has 2 aromatic heterocycles. The van der Waals surface area contributed by atoms with E-state index in [9.17, 15) is 31.2 Å². The van der Waals surface area contributed by atoms with E-state index in [-0.39, 0.29) is 19.5 Å². The molecule has 0 aromatic carbocycles. The van der Waals surface area contributed by atoms with Gasteiger partial charge >= 0.3 is 12.2 Å². The maximum Gasteiger partial charge on any atom is 0.419 e. The SMILES string of the molecule is CC1(C)C(=O)N(c2cnc(C#N)c(C(F)(F)F)c2)C(=O)N1C/C=C\Cn1cc(C2=CC=CC(Cl)(S(C)(=O)=O)C2)cn1. The largest absolute Gasteiger partial charge is 0.419 e. The van der Waals surface area contributed by atoms with Gasteiger partial charge in [0.05, 0.1) is 30.2 Å². The van der Waals surface area contributed by atoms with Gasteiger partial charge < -0.3 is 4.90 Å². The summed E-state index contributed by atoms with van der Waals surface area (Å²) in [6.07, 6.45) is 8.48. The van der Waals surface area contributed by atoms with E-state index in [4.69, 9.17) is 16.9 Å². The van der Waals surface area contributed by atoms with Crippen LogP contribution in [-0.4, -0.2) is 62.6 Å². The summed E-state index contributed by atoms with van der Waals surface area (Å²) in [6.45, 7) is 3.19. The second-order valence-corrected chi connectivity index (χ2v) is 13.2. The number of rotatable bonds is 7. The first kappa shape index (κ1) is 30.0. The van der Waals surface area contributed by atoms with E-state index in [0.29, 0.717) is 22.1 Å². The zero-order valence-electron chi connectivity index (χ0n) is 22.1. The van der Waals surface area contributed by atoms with Crippen molar-refractivity contribution in [2.45, 2.75) is 42.7 Å². The van der Waals surface area contributed by atoms with Crippen LogP contribution in [0.4, 0.5) is 23.7 Å². The Morgan fingerprint density at radius 1 is 1.20 bits per heavy atom. The number of pyridine rings is 1. The van der Waals surface area contributed by atoms with Crippen molar-refractivity contribution in [3.8, 4) is 6.07 Å². The average Bonchev–Trinajstić information content (AvgIpc) is 3.42. The molecule has 3 heterocycles. The average molecular weight is 609 g/mol. The van der Waals surface area contributed by atoms with Gasteiger partial charge in [0.25, 0.3) is 5.91 Å². The lowest BCUT2D eigenvalue weighted by Gasteiger charge is -2.26. The van der Waals surface area contributed by atoms with E-state index >= 15 is 0 Å². The molecule has 1 aliphatic heterocycles. The van der Waals surface area contributed by atoms with Gasteiger partial charge in [0.2, 0.25) is 0 Å². The van der Waals surface area contributed by atoms with E-state index in [1.54, 1.807) is 41.4 Å². The Balaban J connectivity index is 1.46. The minimum Gasteiger partial charge on any atom is -0.306 e. The lowest BCUT2D eigenvalue weighted by atomic mass is 9.99. The molecule has 216 valence electrons. The monoisotopic (exact) mass is 608 g/mol. The van der Waals surface area contributed by atoms with Crippen LogP contribution >= 0.6 is 11.6 Å². The molecule has 0 spiro atoms. The van der Waals surface area contributed by atoms with E-state index in [0.717, 1.165) is 12.5 Å². The fraction of sp³-hybridized carbons (Fsp3) is 0.346. The van der Waals surface area contributed by atoms with Gasteiger partial charge in [-0.25, -0.2) is 23.1 Å². The number of hydrogen-bond acceptors (Lipinski definition) is 7. The number of nitriles is 1. The molecule has 15 heteroatoms. The number of urea groups is 1. The number of carbonyl (C=O) groups is 2. The molecule has 4 rings (SSSR count). The summed E-state index contributed by atoms with van der Waals surface area (Å²) in [7, 11) is -3.56. The molecule has 0 N–H and O–H groups in total. The van der Waals surface area contributed by atoms with Crippen molar-refractivity contribution >= 4 is 44.6 Å². The standard InChI is InChI=1S/C26H24ClF3N6O4S/c1-24(2)22(37)36(19-11-20(26(28,29)30)21(13-31)32-15-19)23(38)35(24)10-5-4-9-34-16-18(14-33-34)17-7-6-8-25(27,12-17)41(3,39)40/h4-8,11,14-16H,9-10,12H2,1-3H3/b5-4-. The minimum atomic E-state index is -4.91. The van der Waals surface area contributed by atoms with E-state index < -0.39 is 54.6 Å². The first-order valence-electron chi connectivity index (χ1n) is 12.1. The van der Waals surface area contributed by atoms with Crippen LogP contribution in [0.1, 0.15) is 37.1 Å². The molecule has 2 aromatic rings. The van der Waals surface area contributed by atoms with Crippen molar-refractivity contribution < 1.29 is 31.2 Å². The number of alkyl halides is 4. The highest BCUT2D eigenvalue weighted by molar-refractivity contribution is 7.93. The number of carbonyl (C=O) groups excluding carboxylic acids is 2. The molecule has 41 heavy (non-hydrogen) atoms. The molecular weight excluding hydrogens is 585 g/mol. The van der Waals surface area contributed by atoms with E-state index in [1.807, 2.05) is 0 Å². The number of imide groups is 1. The molecule has 0 radical (unpaired) electrons. The fourth-order valence-corrected chi connectivity index (χ4v) is 5.34. The summed E-state index contributed by atoms with van der Waals surface area (Å²) in [5, 5.41) is 13.2. The predicted octanol–water partition coefficient (Wildman–Crippen LogP) is 4.30. The van der Waals surface area contributed by atoms with Crippen LogP contribution in [0, 0.1) is 11.3 Å². The van der Waals surface area contributed by atoms with Crippen molar-refractivity contribution in [2.75, 3.05) is 17.7 Å². The zero-order valence-corrected chi connectivity index (χ0v) is 23.6. The van der Waals surface area contributed by atoms with E-state index in [2.05, 4.69) is 10.1 Å². The third-order valence-corrected chi connectivity index (χ3v) is 9.42. The van der Waals surface area contributed by atoms with Gasteiger partial charge in [-0.1, -0.05) is 35.9 Å². The van der Waals surface area contributed by atoms with Crippen LogP contribution in [0.2, 0.25) is 0 Å². The number of anilines is 1. The first-order chi connectivity index (χ1) is 19.0. The van der Waals surface area contributed by atoms with Gasteiger partial charge in [-0.15, -0.1) is 0 Å². The van der Waals surface area contributed by atoms with Crippen LogP contribution < -0.4 is 4.90 Å². The highest BCUT2D eigenvalue weighted by Gasteiger charge is 2.52. The van der Waals surface area contributed by atoms with Gasteiger partial charge in [-0.2, -0.15) is 23.5 Å². The topological polar surface area (TPSA) is 129 Å². The summed E-state index contributed by atoms with van der Waals surface area (Å²) < 4.78 is 64.5. The Morgan fingerprint density at radius 3 is 2.51 bits per heavy atom.